The first kappa shape index (κ1) is 9.00. The van der Waals surface area contributed by atoms with Crippen LogP contribution in [0.25, 0.3) is 0 Å². The van der Waals surface area contributed by atoms with Gasteiger partial charge in [0.25, 0.3) is 0 Å². The number of aliphatic hydroxyl groups excluding tert-OH is 1. The van der Waals surface area contributed by atoms with Crippen molar-refractivity contribution in [2.24, 2.45) is 23.2 Å². The standard InChI is InChI=1S/C13H20O2/c14-1-2-15-13-7-10-3-9-4-11(8-13)12(13,5-9)6-10/h9-11,14H,1-8H2. The predicted octanol–water partition coefficient (Wildman–Crippen LogP) is 1.96. The fourth-order valence-corrected chi connectivity index (χ4v) is 5.80. The van der Waals surface area contributed by atoms with Crippen molar-refractivity contribution in [1.82, 2.24) is 0 Å². The monoisotopic (exact) mass is 208 g/mol. The lowest BCUT2D eigenvalue weighted by Crippen LogP contribution is -2.59. The average molecular weight is 208 g/mol. The molecule has 84 valence electrons. The lowest BCUT2D eigenvalue weighted by atomic mass is 9.52. The summed E-state index contributed by atoms with van der Waals surface area (Å²) in [7, 11) is 0. The van der Waals surface area contributed by atoms with Crippen LogP contribution in [0, 0.1) is 23.2 Å². The predicted molar refractivity (Wildman–Crippen MR) is 56.4 cm³/mol. The van der Waals surface area contributed by atoms with Crippen LogP contribution in [0.1, 0.15) is 38.5 Å². The molecular formula is C13H20O2. The van der Waals surface area contributed by atoms with E-state index in [0.717, 1.165) is 17.8 Å². The fourth-order valence-electron chi connectivity index (χ4n) is 5.80. The third-order valence-electron chi connectivity index (χ3n) is 5.94. The minimum absolute atomic E-state index is 0.191. The molecule has 0 aromatic heterocycles. The second-order valence-corrected chi connectivity index (χ2v) is 6.44. The molecule has 0 aliphatic heterocycles. The van der Waals surface area contributed by atoms with Crippen LogP contribution >= 0.6 is 0 Å². The normalized spacial score (nSPS) is 59.4. The van der Waals surface area contributed by atoms with Crippen molar-refractivity contribution in [2.45, 2.75) is 44.1 Å². The van der Waals surface area contributed by atoms with Crippen LogP contribution in [0.2, 0.25) is 0 Å². The highest BCUT2D eigenvalue weighted by molar-refractivity contribution is 5.25. The number of hydrogen-bond acceptors (Lipinski definition) is 2. The zero-order valence-corrected chi connectivity index (χ0v) is 9.24. The summed E-state index contributed by atoms with van der Waals surface area (Å²) in [5.41, 5.74) is 0.798. The lowest BCUT2D eigenvalue weighted by molar-refractivity contribution is -0.215. The molecule has 5 unspecified atom stereocenters. The van der Waals surface area contributed by atoms with Gasteiger partial charge >= 0.3 is 0 Å². The molecule has 0 aromatic carbocycles. The van der Waals surface area contributed by atoms with Crippen LogP contribution in [0.15, 0.2) is 0 Å². The van der Waals surface area contributed by atoms with Crippen LogP contribution in [-0.2, 0) is 4.74 Å². The van der Waals surface area contributed by atoms with Gasteiger partial charge in [0.1, 0.15) is 0 Å². The molecule has 0 aromatic rings. The Morgan fingerprint density at radius 3 is 2.80 bits per heavy atom. The molecule has 1 spiro atoms. The third kappa shape index (κ3) is 0.861. The molecule has 0 amide bonds. The van der Waals surface area contributed by atoms with Gasteiger partial charge in [0.2, 0.25) is 0 Å². The van der Waals surface area contributed by atoms with Crippen molar-refractivity contribution in [3.63, 3.8) is 0 Å². The van der Waals surface area contributed by atoms with Gasteiger partial charge in [-0.2, -0.15) is 0 Å². The van der Waals surface area contributed by atoms with Gasteiger partial charge in [-0.15, -0.1) is 0 Å². The topological polar surface area (TPSA) is 29.5 Å². The molecule has 2 heteroatoms. The van der Waals surface area contributed by atoms with Gasteiger partial charge in [0.05, 0.1) is 18.8 Å². The molecule has 0 radical (unpaired) electrons. The van der Waals surface area contributed by atoms with Crippen molar-refractivity contribution in [3.05, 3.63) is 0 Å². The smallest absolute Gasteiger partial charge is 0.0748 e. The van der Waals surface area contributed by atoms with Crippen LogP contribution in [0.4, 0.5) is 0 Å². The largest absolute Gasteiger partial charge is 0.394 e. The van der Waals surface area contributed by atoms with E-state index in [1.165, 1.54) is 38.5 Å². The Morgan fingerprint density at radius 1 is 1.07 bits per heavy atom. The second-order valence-electron chi connectivity index (χ2n) is 6.44. The zero-order valence-electron chi connectivity index (χ0n) is 9.24. The van der Waals surface area contributed by atoms with E-state index in [0.29, 0.717) is 12.0 Å². The molecule has 4 aliphatic rings. The van der Waals surface area contributed by atoms with Crippen LogP contribution in [0.5, 0.6) is 0 Å². The first-order chi connectivity index (χ1) is 7.28. The molecule has 4 rings (SSSR count). The van der Waals surface area contributed by atoms with Crippen molar-refractivity contribution >= 4 is 0 Å². The molecular weight excluding hydrogens is 188 g/mol. The maximum absolute atomic E-state index is 8.94. The van der Waals surface area contributed by atoms with Gasteiger partial charge in [0, 0.05) is 5.41 Å². The van der Waals surface area contributed by atoms with Crippen molar-refractivity contribution in [2.75, 3.05) is 13.2 Å². The van der Waals surface area contributed by atoms with E-state index >= 15 is 0 Å². The SMILES string of the molecule is OCCOC12CC3CC4CC(C1)C2(C4)C3. The summed E-state index contributed by atoms with van der Waals surface area (Å²) in [6.07, 6.45) is 8.46. The molecule has 5 atom stereocenters. The van der Waals surface area contributed by atoms with Gasteiger partial charge in [-0.1, -0.05) is 0 Å². The summed E-state index contributed by atoms with van der Waals surface area (Å²) >= 11 is 0. The Balaban J connectivity index is 1.67. The summed E-state index contributed by atoms with van der Waals surface area (Å²) < 4.78 is 6.09. The third-order valence-corrected chi connectivity index (χ3v) is 5.94. The maximum atomic E-state index is 8.94. The highest BCUT2D eigenvalue weighted by Crippen LogP contribution is 2.78. The molecule has 1 N–H and O–H groups in total. The average Bonchev–Trinajstić information content (AvgIpc) is 2.52. The first-order valence-electron chi connectivity index (χ1n) is 6.53. The van der Waals surface area contributed by atoms with Crippen molar-refractivity contribution < 1.29 is 9.84 Å². The van der Waals surface area contributed by atoms with Crippen LogP contribution in [-0.4, -0.2) is 23.9 Å². The van der Waals surface area contributed by atoms with Crippen molar-refractivity contribution in [1.29, 1.82) is 0 Å². The minimum atomic E-state index is 0.191. The Kier molecular flexibility index (Phi) is 1.56. The van der Waals surface area contributed by atoms with E-state index in [4.69, 9.17) is 9.84 Å². The molecule has 0 saturated heterocycles. The molecule has 2 nitrogen and oxygen atoms in total. The Hall–Kier alpha value is -0.0800. The number of ether oxygens (including phenoxy) is 1. The van der Waals surface area contributed by atoms with Gasteiger partial charge in [0.15, 0.2) is 0 Å². The van der Waals surface area contributed by atoms with E-state index in [1.807, 2.05) is 0 Å². The molecule has 4 fully saturated rings. The number of hydrogen-bond donors (Lipinski definition) is 1. The maximum Gasteiger partial charge on any atom is 0.0748 e. The van der Waals surface area contributed by atoms with E-state index in [2.05, 4.69) is 0 Å². The van der Waals surface area contributed by atoms with Crippen molar-refractivity contribution in [3.8, 4) is 0 Å². The highest BCUT2D eigenvalue weighted by Gasteiger charge is 2.75. The summed E-state index contributed by atoms with van der Waals surface area (Å²) in [6, 6.07) is 0. The quantitative estimate of drug-likeness (QED) is 0.768. The van der Waals surface area contributed by atoms with Crippen LogP contribution < -0.4 is 0 Å². The Labute approximate surface area is 91.0 Å². The summed E-state index contributed by atoms with van der Waals surface area (Å²) in [5.74, 6) is 2.96. The molecule has 0 heterocycles. The van der Waals surface area contributed by atoms with Gasteiger partial charge in [-0.3, -0.25) is 0 Å². The summed E-state index contributed by atoms with van der Waals surface area (Å²) in [5, 5.41) is 8.94. The van der Waals surface area contributed by atoms with E-state index < -0.39 is 0 Å². The van der Waals surface area contributed by atoms with Crippen LogP contribution in [0.3, 0.4) is 0 Å². The van der Waals surface area contributed by atoms with Gasteiger partial charge in [-0.25, -0.2) is 0 Å². The first-order valence-corrected chi connectivity index (χ1v) is 6.53. The van der Waals surface area contributed by atoms with Gasteiger partial charge in [-0.05, 0) is 56.3 Å². The van der Waals surface area contributed by atoms with Gasteiger partial charge < -0.3 is 9.84 Å². The number of fused-ring (bicyclic) bond motifs is 2. The lowest BCUT2D eigenvalue weighted by Gasteiger charge is -2.58. The summed E-state index contributed by atoms with van der Waals surface area (Å²) in [6.45, 7) is 0.752. The molecule has 3 bridgehead atoms. The fraction of sp³-hybridized carbons (Fsp3) is 1.00. The van der Waals surface area contributed by atoms with E-state index in [1.54, 1.807) is 0 Å². The summed E-state index contributed by atoms with van der Waals surface area (Å²) in [4.78, 5) is 0. The number of aliphatic hydroxyl groups is 1. The highest BCUT2D eigenvalue weighted by atomic mass is 16.5. The Morgan fingerprint density at radius 2 is 1.93 bits per heavy atom. The zero-order chi connectivity index (χ0) is 10.1. The van der Waals surface area contributed by atoms with E-state index in [9.17, 15) is 0 Å². The second kappa shape index (κ2) is 2.60. The van der Waals surface area contributed by atoms with E-state index in [-0.39, 0.29) is 12.2 Å². The number of rotatable bonds is 3. The molecule has 4 saturated carbocycles. The Bertz CT molecular complexity index is 297. The molecule has 4 aliphatic carbocycles. The minimum Gasteiger partial charge on any atom is -0.394 e. The molecule has 15 heavy (non-hydrogen) atoms.